The monoisotopic (exact) mass is 326 g/mol. The van der Waals surface area contributed by atoms with Crippen LogP contribution < -0.4 is 10.5 Å². The van der Waals surface area contributed by atoms with E-state index in [0.717, 1.165) is 23.8 Å². The Hall–Kier alpha value is -2.61. The summed E-state index contributed by atoms with van der Waals surface area (Å²) in [7, 11) is 0. The van der Waals surface area contributed by atoms with Gasteiger partial charge in [-0.05, 0) is 17.2 Å². The summed E-state index contributed by atoms with van der Waals surface area (Å²) in [4.78, 5) is 10.3. The second kappa shape index (κ2) is 6.66. The molecule has 122 valence electrons. The summed E-state index contributed by atoms with van der Waals surface area (Å²) in [6.07, 6.45) is -4.68. The molecule has 0 aliphatic carbocycles. The van der Waals surface area contributed by atoms with E-state index in [1.165, 1.54) is 0 Å². The van der Waals surface area contributed by atoms with E-state index in [0.29, 0.717) is 0 Å². The number of nitrogens with zero attached hydrogens (tertiary/aromatic N) is 1. The van der Waals surface area contributed by atoms with Gasteiger partial charge < -0.3 is 10.5 Å². The van der Waals surface area contributed by atoms with Crippen LogP contribution in [-0.2, 0) is 6.61 Å². The number of nitro benzene ring substituents is 1. The van der Waals surface area contributed by atoms with E-state index < -0.39 is 28.4 Å². The van der Waals surface area contributed by atoms with Crippen molar-refractivity contribution < 1.29 is 22.8 Å². The Morgan fingerprint density at radius 1 is 1.17 bits per heavy atom. The number of hydrogen-bond donors (Lipinski definition) is 1. The maximum atomic E-state index is 12.6. The minimum atomic E-state index is -4.68. The van der Waals surface area contributed by atoms with E-state index in [1.807, 2.05) is 0 Å². The first-order chi connectivity index (χ1) is 10.8. The molecule has 0 bridgehead atoms. The van der Waals surface area contributed by atoms with E-state index in [-0.39, 0.29) is 12.4 Å². The van der Waals surface area contributed by atoms with Gasteiger partial charge in [0.1, 0.15) is 12.6 Å². The zero-order valence-corrected chi connectivity index (χ0v) is 11.8. The van der Waals surface area contributed by atoms with Gasteiger partial charge in [-0.15, -0.1) is 0 Å². The average molecular weight is 326 g/mol. The second-order valence-corrected chi connectivity index (χ2v) is 4.78. The summed E-state index contributed by atoms with van der Waals surface area (Å²) in [5.74, 6) is -0.114. The zero-order valence-electron chi connectivity index (χ0n) is 11.8. The molecule has 2 rings (SSSR count). The van der Waals surface area contributed by atoms with Crippen molar-refractivity contribution in [2.24, 2.45) is 5.73 Å². The molecule has 0 radical (unpaired) electrons. The Labute approximate surface area is 129 Å². The fourth-order valence-corrected chi connectivity index (χ4v) is 1.92. The van der Waals surface area contributed by atoms with Crippen LogP contribution >= 0.6 is 0 Å². The number of benzene rings is 2. The molecule has 0 aromatic heterocycles. The Morgan fingerprint density at radius 2 is 1.83 bits per heavy atom. The van der Waals surface area contributed by atoms with Gasteiger partial charge in [-0.2, -0.15) is 13.2 Å². The lowest BCUT2D eigenvalue weighted by Crippen LogP contribution is -2.28. The number of rotatable bonds is 5. The Balaban J connectivity index is 2.25. The van der Waals surface area contributed by atoms with Crippen LogP contribution in [0.5, 0.6) is 5.75 Å². The molecular formula is C15H13F3N2O3. The van der Waals surface area contributed by atoms with Gasteiger partial charge in [-0.1, -0.05) is 36.4 Å². The standard InChI is InChI=1S/C15H13F3N2O3/c16-15(17,18)14(19)11-6-7-13(12(8-11)20(21)22)23-9-10-4-2-1-3-5-10/h1-8,14H,9,19H2/t14-/m1/s1. The molecule has 0 unspecified atom stereocenters. The lowest BCUT2D eigenvalue weighted by molar-refractivity contribution is -0.386. The number of nitro groups is 1. The van der Waals surface area contributed by atoms with Gasteiger partial charge in [0.25, 0.3) is 0 Å². The van der Waals surface area contributed by atoms with Crippen molar-refractivity contribution in [3.63, 3.8) is 0 Å². The molecule has 0 heterocycles. The Bertz CT molecular complexity index is 690. The van der Waals surface area contributed by atoms with Crippen LogP contribution in [0.1, 0.15) is 17.2 Å². The summed E-state index contributed by atoms with van der Waals surface area (Å²) in [5, 5.41) is 11.1. The highest BCUT2D eigenvalue weighted by atomic mass is 19.4. The second-order valence-electron chi connectivity index (χ2n) is 4.78. The molecule has 0 fully saturated rings. The summed E-state index contributed by atoms with van der Waals surface area (Å²) < 4.78 is 43.2. The van der Waals surface area contributed by atoms with Crippen LogP contribution in [0.2, 0.25) is 0 Å². The van der Waals surface area contributed by atoms with Crippen molar-refractivity contribution >= 4 is 5.69 Å². The summed E-state index contributed by atoms with van der Waals surface area (Å²) in [6.45, 7) is 0.0619. The fraction of sp³-hybridized carbons (Fsp3) is 0.200. The fourth-order valence-electron chi connectivity index (χ4n) is 1.92. The van der Waals surface area contributed by atoms with Crippen molar-refractivity contribution in [2.45, 2.75) is 18.8 Å². The normalized spacial score (nSPS) is 12.7. The van der Waals surface area contributed by atoms with Gasteiger partial charge in [0.05, 0.1) is 4.92 Å². The molecule has 8 heteroatoms. The minimum absolute atomic E-state index is 0.0619. The largest absolute Gasteiger partial charge is 0.482 e. The molecular weight excluding hydrogens is 313 g/mol. The summed E-state index contributed by atoms with van der Waals surface area (Å²) in [5.41, 5.74) is 4.89. The third-order valence-corrected chi connectivity index (χ3v) is 3.13. The number of halogens is 3. The quantitative estimate of drug-likeness (QED) is 0.670. The lowest BCUT2D eigenvalue weighted by atomic mass is 10.1. The molecule has 0 spiro atoms. The molecule has 23 heavy (non-hydrogen) atoms. The summed E-state index contributed by atoms with van der Waals surface area (Å²) in [6, 6.07) is 9.59. The first kappa shape index (κ1) is 16.8. The predicted octanol–water partition coefficient (Wildman–Crippen LogP) is 3.74. The molecule has 2 aromatic rings. The molecule has 2 aromatic carbocycles. The third-order valence-electron chi connectivity index (χ3n) is 3.13. The molecule has 0 amide bonds. The molecule has 0 aliphatic heterocycles. The number of nitrogens with two attached hydrogens (primary N) is 1. The van der Waals surface area contributed by atoms with Crippen molar-refractivity contribution in [3.05, 3.63) is 69.8 Å². The molecule has 0 aliphatic rings. The summed E-state index contributed by atoms with van der Waals surface area (Å²) >= 11 is 0. The smallest absolute Gasteiger partial charge is 0.407 e. The topological polar surface area (TPSA) is 78.4 Å². The SMILES string of the molecule is N[C@H](c1ccc(OCc2ccccc2)c([N+](=O)[O-])c1)C(F)(F)F. The maximum absolute atomic E-state index is 12.6. The molecule has 0 saturated heterocycles. The Morgan fingerprint density at radius 3 is 2.39 bits per heavy atom. The van der Waals surface area contributed by atoms with Crippen molar-refractivity contribution in [3.8, 4) is 5.75 Å². The molecule has 0 saturated carbocycles. The Kier molecular flexibility index (Phi) is 4.85. The van der Waals surface area contributed by atoms with Crippen molar-refractivity contribution in [2.75, 3.05) is 0 Å². The molecule has 1 atom stereocenters. The number of ether oxygens (including phenoxy) is 1. The zero-order chi connectivity index (χ0) is 17.0. The predicted molar refractivity (Wildman–Crippen MR) is 76.9 cm³/mol. The van der Waals surface area contributed by atoms with Gasteiger partial charge in [0.15, 0.2) is 5.75 Å². The van der Waals surface area contributed by atoms with E-state index in [4.69, 9.17) is 10.5 Å². The van der Waals surface area contributed by atoms with E-state index >= 15 is 0 Å². The average Bonchev–Trinajstić information content (AvgIpc) is 2.52. The van der Waals surface area contributed by atoms with Crippen molar-refractivity contribution in [1.29, 1.82) is 0 Å². The van der Waals surface area contributed by atoms with Gasteiger partial charge in [0, 0.05) is 6.07 Å². The van der Waals surface area contributed by atoms with Gasteiger partial charge >= 0.3 is 11.9 Å². The maximum Gasteiger partial charge on any atom is 0.407 e. The lowest BCUT2D eigenvalue weighted by Gasteiger charge is -2.16. The highest BCUT2D eigenvalue weighted by molar-refractivity contribution is 5.49. The van der Waals surface area contributed by atoms with Crippen LogP contribution in [0.3, 0.4) is 0 Å². The van der Waals surface area contributed by atoms with Crippen LogP contribution in [0.25, 0.3) is 0 Å². The number of hydrogen-bond acceptors (Lipinski definition) is 4. The third kappa shape index (κ3) is 4.19. The highest BCUT2D eigenvalue weighted by Crippen LogP contribution is 2.35. The first-order valence-electron chi connectivity index (χ1n) is 6.56. The van der Waals surface area contributed by atoms with Crippen LogP contribution in [0.4, 0.5) is 18.9 Å². The van der Waals surface area contributed by atoms with Crippen LogP contribution in [0, 0.1) is 10.1 Å². The van der Waals surface area contributed by atoms with E-state index in [2.05, 4.69) is 0 Å². The first-order valence-corrected chi connectivity index (χ1v) is 6.56. The van der Waals surface area contributed by atoms with Crippen molar-refractivity contribution in [1.82, 2.24) is 0 Å². The number of alkyl halides is 3. The van der Waals surface area contributed by atoms with Gasteiger partial charge in [0.2, 0.25) is 0 Å². The van der Waals surface area contributed by atoms with Gasteiger partial charge in [-0.25, -0.2) is 0 Å². The minimum Gasteiger partial charge on any atom is -0.482 e. The highest BCUT2D eigenvalue weighted by Gasteiger charge is 2.38. The van der Waals surface area contributed by atoms with Crippen LogP contribution in [-0.4, -0.2) is 11.1 Å². The molecule has 5 nitrogen and oxygen atoms in total. The van der Waals surface area contributed by atoms with E-state index in [9.17, 15) is 23.3 Å². The van der Waals surface area contributed by atoms with E-state index in [1.54, 1.807) is 30.3 Å². The molecule has 2 N–H and O–H groups in total. The van der Waals surface area contributed by atoms with Crippen LogP contribution in [0.15, 0.2) is 48.5 Å². The van der Waals surface area contributed by atoms with Gasteiger partial charge in [-0.3, -0.25) is 10.1 Å².